The van der Waals surface area contributed by atoms with Gasteiger partial charge in [0.25, 0.3) is 5.91 Å². The highest BCUT2D eigenvalue weighted by Gasteiger charge is 2.09. The number of aldehydes is 1. The van der Waals surface area contributed by atoms with Gasteiger partial charge in [0, 0.05) is 16.8 Å². The Balaban J connectivity index is 2.12. The summed E-state index contributed by atoms with van der Waals surface area (Å²) in [6, 6.07) is 12.7. The number of hydrogen-bond acceptors (Lipinski definition) is 4. The van der Waals surface area contributed by atoms with Crippen molar-refractivity contribution < 1.29 is 19.1 Å². The van der Waals surface area contributed by atoms with Gasteiger partial charge in [0.15, 0.2) is 0 Å². The maximum atomic E-state index is 12.0. The minimum Gasteiger partial charge on any atom is -0.465 e. The molecular weight excluding hydrogens is 270 g/mol. The van der Waals surface area contributed by atoms with E-state index in [2.05, 4.69) is 10.1 Å². The zero-order chi connectivity index (χ0) is 15.2. The van der Waals surface area contributed by atoms with Crippen LogP contribution >= 0.6 is 0 Å². The van der Waals surface area contributed by atoms with Crippen molar-refractivity contribution in [1.82, 2.24) is 0 Å². The van der Waals surface area contributed by atoms with Crippen LogP contribution in [0.5, 0.6) is 0 Å². The first-order valence-electron chi connectivity index (χ1n) is 6.19. The number of esters is 1. The minimum absolute atomic E-state index is 0.325. The molecule has 0 fully saturated rings. The summed E-state index contributed by atoms with van der Waals surface area (Å²) in [5.74, 6) is -0.782. The molecule has 0 spiro atoms. The van der Waals surface area contributed by atoms with Gasteiger partial charge >= 0.3 is 5.97 Å². The van der Waals surface area contributed by atoms with Crippen LogP contribution in [0.1, 0.15) is 31.1 Å². The van der Waals surface area contributed by atoms with Crippen molar-refractivity contribution >= 4 is 23.9 Å². The lowest BCUT2D eigenvalue weighted by molar-refractivity contribution is 0.0600. The number of carbonyl (C=O) groups is 3. The Morgan fingerprint density at radius 2 is 1.71 bits per heavy atom. The molecule has 0 saturated carbocycles. The van der Waals surface area contributed by atoms with Crippen LogP contribution in [0.4, 0.5) is 5.69 Å². The summed E-state index contributed by atoms with van der Waals surface area (Å²) in [6.07, 6.45) is 0.709. The lowest BCUT2D eigenvalue weighted by Gasteiger charge is -2.06. The van der Waals surface area contributed by atoms with Crippen molar-refractivity contribution in [2.45, 2.75) is 0 Å². The summed E-state index contributed by atoms with van der Waals surface area (Å²) in [5, 5.41) is 2.68. The number of carbonyl (C=O) groups excluding carboxylic acids is 3. The van der Waals surface area contributed by atoms with Gasteiger partial charge in [-0.1, -0.05) is 12.1 Å². The molecule has 0 unspecified atom stereocenters. The van der Waals surface area contributed by atoms with Gasteiger partial charge in [-0.3, -0.25) is 9.59 Å². The van der Waals surface area contributed by atoms with Crippen molar-refractivity contribution in [3.8, 4) is 0 Å². The third-order valence-electron chi connectivity index (χ3n) is 2.85. The third-order valence-corrected chi connectivity index (χ3v) is 2.85. The first-order valence-corrected chi connectivity index (χ1v) is 6.19. The third kappa shape index (κ3) is 3.54. The monoisotopic (exact) mass is 283 g/mol. The summed E-state index contributed by atoms with van der Waals surface area (Å²) in [4.78, 5) is 34.0. The van der Waals surface area contributed by atoms with Gasteiger partial charge in [-0.15, -0.1) is 0 Å². The number of anilines is 1. The lowest BCUT2D eigenvalue weighted by Crippen LogP contribution is -2.12. The van der Waals surface area contributed by atoms with Crippen LogP contribution in [0.3, 0.4) is 0 Å². The molecule has 106 valence electrons. The lowest BCUT2D eigenvalue weighted by atomic mass is 10.1. The molecule has 0 bridgehead atoms. The van der Waals surface area contributed by atoms with Gasteiger partial charge in [-0.25, -0.2) is 4.79 Å². The second kappa shape index (κ2) is 6.47. The highest BCUT2D eigenvalue weighted by molar-refractivity contribution is 6.05. The van der Waals surface area contributed by atoms with Crippen molar-refractivity contribution in [3.63, 3.8) is 0 Å². The number of methoxy groups -OCH3 is 1. The molecule has 5 heteroatoms. The van der Waals surface area contributed by atoms with Crippen LogP contribution in [-0.4, -0.2) is 25.3 Å². The molecule has 21 heavy (non-hydrogen) atoms. The molecule has 0 atom stereocenters. The van der Waals surface area contributed by atoms with Crippen LogP contribution < -0.4 is 5.32 Å². The maximum absolute atomic E-state index is 12.0. The number of ether oxygens (including phenoxy) is 1. The van der Waals surface area contributed by atoms with Crippen LogP contribution in [0.25, 0.3) is 0 Å². The summed E-state index contributed by atoms with van der Waals surface area (Å²) < 4.78 is 4.59. The van der Waals surface area contributed by atoms with Crippen LogP contribution in [-0.2, 0) is 4.74 Å². The van der Waals surface area contributed by atoms with E-state index in [4.69, 9.17) is 0 Å². The second-order valence-electron chi connectivity index (χ2n) is 4.27. The fraction of sp³-hybridized carbons (Fsp3) is 0.0625. The number of benzene rings is 2. The van der Waals surface area contributed by atoms with Crippen LogP contribution in [0.2, 0.25) is 0 Å². The van der Waals surface area contributed by atoms with Gasteiger partial charge in [-0.2, -0.15) is 0 Å². The van der Waals surface area contributed by atoms with Gasteiger partial charge < -0.3 is 10.1 Å². The standard InChI is InChI=1S/C16H13NO4/c1-21-16(20)13-7-5-12(6-8-13)15(19)17-14-4-2-3-11(9-14)10-18/h2-10H,1H3,(H,17,19). The molecule has 2 rings (SSSR count). The Bertz CT molecular complexity index is 677. The second-order valence-corrected chi connectivity index (χ2v) is 4.27. The zero-order valence-corrected chi connectivity index (χ0v) is 11.3. The molecule has 2 aromatic rings. The average molecular weight is 283 g/mol. The molecule has 0 saturated heterocycles. The van der Waals surface area contributed by atoms with E-state index in [0.29, 0.717) is 28.7 Å². The van der Waals surface area contributed by atoms with E-state index in [0.717, 1.165) is 0 Å². The predicted molar refractivity (Wildman–Crippen MR) is 77.6 cm³/mol. The molecule has 1 amide bonds. The Morgan fingerprint density at radius 1 is 1.05 bits per heavy atom. The van der Waals surface area contributed by atoms with Gasteiger partial charge in [0.05, 0.1) is 12.7 Å². The van der Waals surface area contributed by atoms with Crippen LogP contribution in [0, 0.1) is 0 Å². The quantitative estimate of drug-likeness (QED) is 0.691. The summed E-state index contributed by atoms with van der Waals surface area (Å²) >= 11 is 0. The SMILES string of the molecule is COC(=O)c1ccc(C(=O)Nc2cccc(C=O)c2)cc1. The Morgan fingerprint density at radius 3 is 2.33 bits per heavy atom. The fourth-order valence-corrected chi connectivity index (χ4v) is 1.77. The Labute approximate surface area is 121 Å². The molecule has 2 aromatic carbocycles. The van der Waals surface area contributed by atoms with E-state index in [1.165, 1.54) is 31.4 Å². The topological polar surface area (TPSA) is 72.5 Å². The average Bonchev–Trinajstić information content (AvgIpc) is 2.54. The molecule has 0 aliphatic carbocycles. The highest BCUT2D eigenvalue weighted by Crippen LogP contribution is 2.12. The normalized spacial score (nSPS) is 9.76. The Kier molecular flexibility index (Phi) is 4.46. The fourth-order valence-electron chi connectivity index (χ4n) is 1.77. The van der Waals surface area contributed by atoms with E-state index in [9.17, 15) is 14.4 Å². The first kappa shape index (κ1) is 14.5. The van der Waals surface area contributed by atoms with Crippen molar-refractivity contribution in [2.75, 3.05) is 12.4 Å². The summed E-state index contributed by atoms with van der Waals surface area (Å²) in [6.45, 7) is 0. The molecular formula is C16H13NO4. The molecule has 1 N–H and O–H groups in total. The van der Waals surface area contributed by atoms with Crippen molar-refractivity contribution in [3.05, 3.63) is 65.2 Å². The van der Waals surface area contributed by atoms with Crippen LogP contribution in [0.15, 0.2) is 48.5 Å². The van der Waals surface area contributed by atoms with E-state index >= 15 is 0 Å². The predicted octanol–water partition coefficient (Wildman–Crippen LogP) is 2.54. The highest BCUT2D eigenvalue weighted by atomic mass is 16.5. The van der Waals surface area contributed by atoms with E-state index in [1.54, 1.807) is 24.3 Å². The number of amides is 1. The molecule has 0 aromatic heterocycles. The molecule has 0 radical (unpaired) electrons. The molecule has 0 heterocycles. The van der Waals surface area contributed by atoms with E-state index in [-0.39, 0.29) is 5.91 Å². The molecule has 0 aliphatic heterocycles. The number of hydrogen-bond donors (Lipinski definition) is 1. The maximum Gasteiger partial charge on any atom is 0.337 e. The molecule has 0 aliphatic rings. The zero-order valence-electron chi connectivity index (χ0n) is 11.3. The van der Waals surface area contributed by atoms with Gasteiger partial charge in [-0.05, 0) is 36.4 Å². The number of rotatable bonds is 4. The van der Waals surface area contributed by atoms with E-state index in [1.807, 2.05) is 0 Å². The minimum atomic E-state index is -0.458. The first-order chi connectivity index (χ1) is 10.1. The molecule has 5 nitrogen and oxygen atoms in total. The smallest absolute Gasteiger partial charge is 0.337 e. The number of nitrogens with one attached hydrogen (secondary N) is 1. The van der Waals surface area contributed by atoms with E-state index < -0.39 is 5.97 Å². The largest absolute Gasteiger partial charge is 0.465 e. The van der Waals surface area contributed by atoms with Gasteiger partial charge in [0.2, 0.25) is 0 Å². The van der Waals surface area contributed by atoms with Gasteiger partial charge in [0.1, 0.15) is 6.29 Å². The Hall–Kier alpha value is -2.95. The van der Waals surface area contributed by atoms with Crippen molar-refractivity contribution in [2.24, 2.45) is 0 Å². The summed E-state index contributed by atoms with van der Waals surface area (Å²) in [5.41, 5.74) is 1.78. The summed E-state index contributed by atoms with van der Waals surface area (Å²) in [7, 11) is 1.29. The van der Waals surface area contributed by atoms with Crippen molar-refractivity contribution in [1.29, 1.82) is 0 Å².